The summed E-state index contributed by atoms with van der Waals surface area (Å²) in [5.41, 5.74) is 1.79. The van der Waals surface area contributed by atoms with Crippen LogP contribution in [0.2, 0.25) is 0 Å². The summed E-state index contributed by atoms with van der Waals surface area (Å²) in [7, 11) is 0. The van der Waals surface area contributed by atoms with E-state index in [1.165, 1.54) is 0 Å². The van der Waals surface area contributed by atoms with Crippen LogP contribution in [-0.4, -0.2) is 33.7 Å². The zero-order valence-electron chi connectivity index (χ0n) is 10.3. The van der Waals surface area contributed by atoms with Crippen LogP contribution < -0.4 is 4.74 Å². The number of ether oxygens (including phenoxy) is 2. The van der Waals surface area contributed by atoms with Crippen molar-refractivity contribution in [2.24, 2.45) is 0 Å². The van der Waals surface area contributed by atoms with Gasteiger partial charge in [-0.15, -0.1) is 0 Å². The summed E-state index contributed by atoms with van der Waals surface area (Å²) < 4.78 is 13.6. The molecular weight excluding hydrogens is 298 g/mol. The zero-order valence-corrected chi connectivity index (χ0v) is 11.8. The topological polar surface area (TPSA) is 48.7 Å². The fourth-order valence-corrected chi connectivity index (χ4v) is 2.14. The van der Waals surface area contributed by atoms with E-state index in [0.29, 0.717) is 25.0 Å². The molecule has 0 aromatic carbocycles. The molecule has 18 heavy (non-hydrogen) atoms. The lowest BCUT2D eigenvalue weighted by molar-refractivity contribution is -0.0809. The van der Waals surface area contributed by atoms with Gasteiger partial charge in [0.1, 0.15) is 10.7 Å². The molecule has 0 aliphatic carbocycles. The molecule has 6 heteroatoms. The van der Waals surface area contributed by atoms with E-state index in [1.54, 1.807) is 0 Å². The fourth-order valence-electron chi connectivity index (χ4n) is 1.76. The van der Waals surface area contributed by atoms with Gasteiger partial charge in [0.25, 0.3) is 5.88 Å². The highest BCUT2D eigenvalue weighted by molar-refractivity contribution is 9.10. The van der Waals surface area contributed by atoms with Gasteiger partial charge in [0.05, 0.1) is 18.9 Å². The van der Waals surface area contributed by atoms with Crippen LogP contribution in [0.1, 0.15) is 25.5 Å². The molecule has 0 saturated carbocycles. The highest BCUT2D eigenvalue weighted by Gasteiger charge is 2.23. The Morgan fingerprint density at radius 1 is 1.39 bits per heavy atom. The predicted octanol–water partition coefficient (Wildman–Crippen LogP) is 2.39. The quantitative estimate of drug-likeness (QED) is 0.873. The Morgan fingerprint density at radius 3 is 2.78 bits per heavy atom. The van der Waals surface area contributed by atoms with Gasteiger partial charge in [-0.3, -0.25) is 4.40 Å². The van der Waals surface area contributed by atoms with Crippen LogP contribution in [0.5, 0.6) is 5.88 Å². The smallest absolute Gasteiger partial charge is 0.259 e. The summed E-state index contributed by atoms with van der Waals surface area (Å²) in [6, 6.07) is 0. The minimum absolute atomic E-state index is 0.0924. The van der Waals surface area contributed by atoms with Crippen molar-refractivity contribution in [3.63, 3.8) is 0 Å². The molecule has 0 bridgehead atoms. The first-order valence-corrected chi connectivity index (χ1v) is 6.72. The summed E-state index contributed by atoms with van der Waals surface area (Å²) in [5.74, 6) is 0.938. The average molecular weight is 312 g/mol. The molecule has 1 aliphatic rings. The second kappa shape index (κ2) is 4.51. The van der Waals surface area contributed by atoms with E-state index >= 15 is 0 Å². The van der Waals surface area contributed by atoms with Crippen molar-refractivity contribution < 1.29 is 9.47 Å². The third-order valence-corrected chi connectivity index (χ3v) is 3.26. The molecule has 0 atom stereocenters. The molecule has 5 nitrogen and oxygen atoms in total. The summed E-state index contributed by atoms with van der Waals surface area (Å²) in [4.78, 5) is 8.93. The first-order valence-electron chi connectivity index (χ1n) is 5.93. The highest BCUT2D eigenvalue weighted by atomic mass is 79.9. The molecule has 96 valence electrons. The van der Waals surface area contributed by atoms with Gasteiger partial charge >= 0.3 is 0 Å². The second-order valence-electron chi connectivity index (χ2n) is 4.70. The minimum atomic E-state index is 0.0924. The van der Waals surface area contributed by atoms with Gasteiger partial charge in [-0.25, -0.2) is 9.97 Å². The minimum Gasteiger partial charge on any atom is -0.467 e. The van der Waals surface area contributed by atoms with Gasteiger partial charge < -0.3 is 9.47 Å². The summed E-state index contributed by atoms with van der Waals surface area (Å²) >= 11 is 3.39. The van der Waals surface area contributed by atoms with Crippen LogP contribution in [0.15, 0.2) is 17.0 Å². The molecule has 1 aliphatic heterocycles. The largest absolute Gasteiger partial charge is 0.467 e. The third kappa shape index (κ3) is 2.10. The lowest BCUT2D eigenvalue weighted by Crippen LogP contribution is -2.38. The van der Waals surface area contributed by atoms with E-state index in [0.717, 1.165) is 15.9 Å². The van der Waals surface area contributed by atoms with Crippen molar-refractivity contribution in [2.45, 2.75) is 25.9 Å². The van der Waals surface area contributed by atoms with Crippen molar-refractivity contribution in [2.75, 3.05) is 13.2 Å². The molecule has 1 saturated heterocycles. The van der Waals surface area contributed by atoms with Crippen LogP contribution in [0.4, 0.5) is 0 Å². The number of hydrogen-bond acceptors (Lipinski definition) is 4. The molecule has 0 unspecified atom stereocenters. The first-order chi connectivity index (χ1) is 8.63. The van der Waals surface area contributed by atoms with Crippen molar-refractivity contribution >= 4 is 21.6 Å². The van der Waals surface area contributed by atoms with E-state index < -0.39 is 0 Å². The summed E-state index contributed by atoms with van der Waals surface area (Å²) in [6.07, 6.45) is 3.99. The van der Waals surface area contributed by atoms with Gasteiger partial charge in [-0.2, -0.15) is 0 Å². The van der Waals surface area contributed by atoms with E-state index in [-0.39, 0.29) is 6.10 Å². The van der Waals surface area contributed by atoms with Crippen molar-refractivity contribution in [3.8, 4) is 5.88 Å². The Bertz CT molecular complexity index is 578. The Labute approximate surface area is 113 Å². The van der Waals surface area contributed by atoms with Gasteiger partial charge in [-0.05, 0) is 21.8 Å². The molecule has 0 amide bonds. The van der Waals surface area contributed by atoms with Crippen molar-refractivity contribution in [1.82, 2.24) is 14.4 Å². The van der Waals surface area contributed by atoms with Gasteiger partial charge in [0, 0.05) is 12.4 Å². The van der Waals surface area contributed by atoms with E-state index in [1.807, 2.05) is 16.8 Å². The Balaban J connectivity index is 2.04. The SMILES string of the molecule is CC(C)c1cn2cc(Br)nc(OC3COC3)c2n1. The molecule has 0 N–H and O–H groups in total. The highest BCUT2D eigenvalue weighted by Crippen LogP contribution is 2.24. The molecule has 1 fully saturated rings. The average Bonchev–Trinajstić information content (AvgIpc) is 2.66. The van der Waals surface area contributed by atoms with Gasteiger partial charge in [0.15, 0.2) is 0 Å². The Morgan fingerprint density at radius 2 is 2.17 bits per heavy atom. The molecule has 3 rings (SSSR count). The number of halogens is 1. The van der Waals surface area contributed by atoms with Crippen LogP contribution in [0.3, 0.4) is 0 Å². The standard InChI is InChI=1S/C12H14BrN3O2/c1-7(2)9-3-16-4-10(13)15-12(11(16)14-9)18-8-5-17-6-8/h3-4,7-8H,5-6H2,1-2H3. The van der Waals surface area contributed by atoms with Crippen LogP contribution in [-0.2, 0) is 4.74 Å². The Kier molecular flexibility index (Phi) is 2.99. The molecule has 2 aromatic heterocycles. The molecular formula is C12H14BrN3O2. The molecule has 0 spiro atoms. The van der Waals surface area contributed by atoms with Crippen LogP contribution in [0, 0.1) is 0 Å². The maximum Gasteiger partial charge on any atom is 0.259 e. The van der Waals surface area contributed by atoms with Crippen molar-refractivity contribution in [3.05, 3.63) is 22.7 Å². The third-order valence-electron chi connectivity index (χ3n) is 2.87. The number of imidazole rings is 1. The van der Waals surface area contributed by atoms with Gasteiger partial charge in [0.2, 0.25) is 5.65 Å². The number of aromatic nitrogens is 3. The Hall–Kier alpha value is -1.14. The van der Waals surface area contributed by atoms with Crippen LogP contribution >= 0.6 is 15.9 Å². The lowest BCUT2D eigenvalue weighted by Gasteiger charge is -2.26. The second-order valence-corrected chi connectivity index (χ2v) is 5.51. The zero-order chi connectivity index (χ0) is 12.7. The lowest BCUT2D eigenvalue weighted by atomic mass is 10.2. The normalized spacial score (nSPS) is 16.2. The fraction of sp³-hybridized carbons (Fsp3) is 0.500. The maximum atomic E-state index is 5.79. The molecule has 0 radical (unpaired) electrons. The van der Waals surface area contributed by atoms with E-state index in [2.05, 4.69) is 39.7 Å². The van der Waals surface area contributed by atoms with Crippen molar-refractivity contribution in [1.29, 1.82) is 0 Å². The number of rotatable bonds is 3. The summed E-state index contributed by atoms with van der Waals surface area (Å²) in [6.45, 7) is 5.48. The monoisotopic (exact) mass is 311 g/mol. The van der Waals surface area contributed by atoms with E-state index in [4.69, 9.17) is 9.47 Å². The first kappa shape index (κ1) is 11.9. The number of hydrogen-bond donors (Lipinski definition) is 0. The number of nitrogens with zero attached hydrogens (tertiary/aromatic N) is 3. The molecule has 3 heterocycles. The number of fused-ring (bicyclic) bond motifs is 1. The van der Waals surface area contributed by atoms with Gasteiger partial charge in [-0.1, -0.05) is 13.8 Å². The predicted molar refractivity (Wildman–Crippen MR) is 70.0 cm³/mol. The summed E-state index contributed by atoms with van der Waals surface area (Å²) in [5, 5.41) is 0. The molecule has 2 aromatic rings. The maximum absolute atomic E-state index is 5.79. The van der Waals surface area contributed by atoms with Crippen LogP contribution in [0.25, 0.3) is 5.65 Å². The van der Waals surface area contributed by atoms with E-state index in [9.17, 15) is 0 Å².